The Balaban J connectivity index is 2.67. The normalized spacial score (nSPS) is 20.1. The van der Waals surface area contributed by atoms with Crippen molar-refractivity contribution in [1.82, 2.24) is 15.1 Å². The van der Waals surface area contributed by atoms with Crippen molar-refractivity contribution < 1.29 is 14.3 Å². The van der Waals surface area contributed by atoms with Crippen LogP contribution in [0.15, 0.2) is 0 Å². The Morgan fingerprint density at radius 2 is 2.00 bits per heavy atom. The lowest BCUT2D eigenvalue weighted by molar-refractivity contribution is -0.130. The van der Waals surface area contributed by atoms with Crippen LogP contribution in [0.5, 0.6) is 0 Å². The van der Waals surface area contributed by atoms with Crippen molar-refractivity contribution >= 4 is 12.0 Å². The molecule has 0 aromatic rings. The third-order valence-electron chi connectivity index (χ3n) is 2.89. The van der Waals surface area contributed by atoms with Gasteiger partial charge in [0, 0.05) is 40.2 Å². The van der Waals surface area contributed by atoms with Crippen molar-refractivity contribution in [3.05, 3.63) is 0 Å². The molecule has 1 N–H and O–H groups in total. The number of nitrogens with one attached hydrogen (secondary N) is 1. The minimum Gasteiger partial charge on any atom is -0.444 e. The van der Waals surface area contributed by atoms with Crippen LogP contribution in [-0.2, 0) is 9.53 Å². The summed E-state index contributed by atoms with van der Waals surface area (Å²) < 4.78 is 5.38. The maximum absolute atomic E-state index is 12.1. The van der Waals surface area contributed by atoms with Gasteiger partial charge < -0.3 is 19.9 Å². The van der Waals surface area contributed by atoms with Gasteiger partial charge in [-0.1, -0.05) is 0 Å². The fourth-order valence-corrected chi connectivity index (χ4v) is 1.89. The molecule has 2 amide bonds. The number of nitrogens with zero attached hydrogens (tertiary/aromatic N) is 2. The van der Waals surface area contributed by atoms with E-state index < -0.39 is 5.60 Å². The van der Waals surface area contributed by atoms with E-state index in [1.807, 2.05) is 20.8 Å². The number of amides is 2. The lowest BCUT2D eigenvalue weighted by Gasteiger charge is -2.37. The summed E-state index contributed by atoms with van der Waals surface area (Å²) in [5.74, 6) is 0.0160. The van der Waals surface area contributed by atoms with E-state index in [4.69, 9.17) is 4.74 Å². The third kappa shape index (κ3) is 5.06. The van der Waals surface area contributed by atoms with Gasteiger partial charge in [-0.15, -0.1) is 0 Å². The monoisotopic (exact) mass is 271 g/mol. The highest BCUT2D eigenvalue weighted by Gasteiger charge is 2.31. The van der Waals surface area contributed by atoms with Crippen LogP contribution < -0.4 is 5.32 Å². The molecule has 1 heterocycles. The highest BCUT2D eigenvalue weighted by Crippen LogP contribution is 2.15. The molecule has 110 valence electrons. The standard InChI is InChI=1S/C13H25N3O3/c1-13(2,3)19-12(18)16-7-6-14-9-10(16)8-11(17)15(4)5/h10,14H,6-9H2,1-5H3. The number of carbonyl (C=O) groups is 2. The summed E-state index contributed by atoms with van der Waals surface area (Å²) >= 11 is 0. The average molecular weight is 271 g/mol. The van der Waals surface area contributed by atoms with Crippen LogP contribution in [0.2, 0.25) is 0 Å². The van der Waals surface area contributed by atoms with Gasteiger partial charge in [-0.3, -0.25) is 4.79 Å². The fraction of sp³-hybridized carbons (Fsp3) is 0.846. The molecule has 19 heavy (non-hydrogen) atoms. The molecule has 0 aromatic heterocycles. The lowest BCUT2D eigenvalue weighted by Crippen LogP contribution is -2.55. The van der Waals surface area contributed by atoms with E-state index in [2.05, 4.69) is 5.32 Å². The molecule has 1 atom stereocenters. The van der Waals surface area contributed by atoms with Gasteiger partial charge in [-0.2, -0.15) is 0 Å². The van der Waals surface area contributed by atoms with Crippen molar-refractivity contribution in [2.24, 2.45) is 0 Å². The highest BCUT2D eigenvalue weighted by atomic mass is 16.6. The Labute approximate surface area is 115 Å². The molecule has 0 bridgehead atoms. The van der Waals surface area contributed by atoms with E-state index in [-0.39, 0.29) is 18.0 Å². The molecule has 0 saturated carbocycles. The van der Waals surface area contributed by atoms with Gasteiger partial charge in [-0.25, -0.2) is 4.79 Å². The number of hydrogen-bond donors (Lipinski definition) is 1. The van der Waals surface area contributed by atoms with Crippen molar-refractivity contribution in [2.75, 3.05) is 33.7 Å². The Hall–Kier alpha value is -1.30. The first-order valence-electron chi connectivity index (χ1n) is 6.61. The summed E-state index contributed by atoms with van der Waals surface area (Å²) in [6, 6.07) is -0.140. The number of carbonyl (C=O) groups excluding carboxylic acids is 2. The predicted octanol–water partition coefficient (Wildman–Crippen LogP) is 0.674. The van der Waals surface area contributed by atoms with Crippen LogP contribution in [-0.4, -0.2) is 67.2 Å². The van der Waals surface area contributed by atoms with Crippen LogP contribution in [0, 0.1) is 0 Å². The highest BCUT2D eigenvalue weighted by molar-refractivity contribution is 5.77. The third-order valence-corrected chi connectivity index (χ3v) is 2.89. The molecule has 0 aliphatic carbocycles. The maximum atomic E-state index is 12.1. The molecule has 0 aromatic carbocycles. The van der Waals surface area contributed by atoms with Gasteiger partial charge in [-0.05, 0) is 20.8 Å². The van der Waals surface area contributed by atoms with Gasteiger partial charge in [0.15, 0.2) is 0 Å². The number of ether oxygens (including phenoxy) is 1. The lowest BCUT2D eigenvalue weighted by atomic mass is 10.1. The molecule has 0 radical (unpaired) electrons. The molecule has 0 spiro atoms. The molecule has 1 aliphatic heterocycles. The summed E-state index contributed by atoms with van der Waals surface area (Å²) in [6.07, 6.45) is -0.0234. The summed E-state index contributed by atoms with van der Waals surface area (Å²) in [5.41, 5.74) is -0.516. The molecule has 1 rings (SSSR count). The van der Waals surface area contributed by atoms with Gasteiger partial charge in [0.2, 0.25) is 5.91 Å². The van der Waals surface area contributed by atoms with Gasteiger partial charge in [0.25, 0.3) is 0 Å². The van der Waals surface area contributed by atoms with Crippen LogP contribution in [0.3, 0.4) is 0 Å². The number of rotatable bonds is 2. The minimum absolute atomic E-state index is 0.0160. The smallest absolute Gasteiger partial charge is 0.410 e. The summed E-state index contributed by atoms with van der Waals surface area (Å²) in [5, 5.41) is 3.21. The van der Waals surface area contributed by atoms with Gasteiger partial charge in [0.1, 0.15) is 5.60 Å². The van der Waals surface area contributed by atoms with Crippen molar-refractivity contribution in [3.63, 3.8) is 0 Å². The topological polar surface area (TPSA) is 61.9 Å². The van der Waals surface area contributed by atoms with Gasteiger partial charge >= 0.3 is 6.09 Å². The second kappa shape index (κ2) is 6.23. The molecular weight excluding hydrogens is 246 g/mol. The second-order valence-corrected chi connectivity index (χ2v) is 6.02. The molecular formula is C13H25N3O3. The first-order valence-corrected chi connectivity index (χ1v) is 6.61. The van der Waals surface area contributed by atoms with Crippen molar-refractivity contribution in [3.8, 4) is 0 Å². The Kier molecular flexibility index (Phi) is 5.17. The predicted molar refractivity (Wildman–Crippen MR) is 72.9 cm³/mol. The second-order valence-electron chi connectivity index (χ2n) is 6.02. The van der Waals surface area contributed by atoms with Crippen molar-refractivity contribution in [2.45, 2.75) is 38.8 Å². The zero-order valence-electron chi connectivity index (χ0n) is 12.5. The first-order chi connectivity index (χ1) is 8.70. The number of piperazine rings is 1. The molecule has 6 nitrogen and oxygen atoms in total. The van der Waals surface area contributed by atoms with E-state index >= 15 is 0 Å². The molecule has 1 unspecified atom stereocenters. The Morgan fingerprint density at radius 1 is 1.37 bits per heavy atom. The van der Waals surface area contributed by atoms with E-state index in [1.54, 1.807) is 23.9 Å². The van der Waals surface area contributed by atoms with E-state index in [1.165, 1.54) is 0 Å². The number of hydrogen-bond acceptors (Lipinski definition) is 4. The zero-order chi connectivity index (χ0) is 14.6. The Bertz CT molecular complexity index is 337. The Morgan fingerprint density at radius 3 is 2.53 bits per heavy atom. The summed E-state index contributed by atoms with van der Waals surface area (Å²) in [7, 11) is 3.44. The summed E-state index contributed by atoms with van der Waals surface area (Å²) in [4.78, 5) is 27.1. The van der Waals surface area contributed by atoms with E-state index in [0.717, 1.165) is 6.54 Å². The first kappa shape index (κ1) is 15.8. The minimum atomic E-state index is -0.516. The summed E-state index contributed by atoms with van der Waals surface area (Å²) in [6.45, 7) is 7.44. The van der Waals surface area contributed by atoms with Crippen LogP contribution in [0.25, 0.3) is 0 Å². The van der Waals surface area contributed by atoms with Crippen LogP contribution >= 0.6 is 0 Å². The molecule has 1 fully saturated rings. The molecule has 1 aliphatic rings. The van der Waals surface area contributed by atoms with E-state index in [9.17, 15) is 9.59 Å². The quantitative estimate of drug-likeness (QED) is 0.802. The maximum Gasteiger partial charge on any atom is 0.410 e. The largest absolute Gasteiger partial charge is 0.444 e. The average Bonchev–Trinajstić information content (AvgIpc) is 2.27. The molecule has 6 heteroatoms. The van der Waals surface area contributed by atoms with Crippen molar-refractivity contribution in [1.29, 1.82) is 0 Å². The van der Waals surface area contributed by atoms with Gasteiger partial charge in [0.05, 0.1) is 6.04 Å². The van der Waals surface area contributed by atoms with Crippen LogP contribution in [0.1, 0.15) is 27.2 Å². The fourth-order valence-electron chi connectivity index (χ4n) is 1.89. The van der Waals surface area contributed by atoms with E-state index in [0.29, 0.717) is 19.5 Å². The SMILES string of the molecule is CN(C)C(=O)CC1CNCCN1C(=O)OC(C)(C)C. The van der Waals surface area contributed by atoms with Crippen LogP contribution in [0.4, 0.5) is 4.79 Å². The zero-order valence-corrected chi connectivity index (χ0v) is 12.5. The molecule has 1 saturated heterocycles.